The lowest BCUT2D eigenvalue weighted by Crippen LogP contribution is -2.31. The fourth-order valence-electron chi connectivity index (χ4n) is 2.53. The maximum atomic E-state index is 12.4. The number of carboxylic acid groups (broad SMARTS) is 2. The molecule has 0 aromatic heterocycles. The summed E-state index contributed by atoms with van der Waals surface area (Å²) in [4.78, 5) is 35.3. The Morgan fingerprint density at radius 3 is 1.92 bits per heavy atom. The van der Waals surface area contributed by atoms with Gasteiger partial charge in [-0.15, -0.1) is 0 Å². The molecule has 2 rings (SSSR count). The predicted molar refractivity (Wildman–Crippen MR) is 88.3 cm³/mol. The highest BCUT2D eigenvalue weighted by Gasteiger charge is 2.37. The average molecular weight is 347 g/mol. The molecule has 0 aliphatic carbocycles. The Morgan fingerprint density at radius 1 is 0.875 bits per heavy atom. The molecule has 0 fully saturated rings. The smallest absolute Gasteiger partial charge is 0.318 e. The van der Waals surface area contributed by atoms with E-state index in [4.69, 9.17) is 11.6 Å². The Morgan fingerprint density at radius 2 is 1.42 bits per heavy atom. The number of benzene rings is 2. The van der Waals surface area contributed by atoms with Crippen LogP contribution in [0.15, 0.2) is 54.6 Å². The Hall–Kier alpha value is -2.66. The fourth-order valence-corrected chi connectivity index (χ4v) is 2.66. The minimum absolute atomic E-state index is 0.227. The Labute approximate surface area is 143 Å². The van der Waals surface area contributed by atoms with Crippen molar-refractivity contribution in [3.8, 4) is 0 Å². The quantitative estimate of drug-likeness (QED) is 0.591. The second-order valence-electron chi connectivity index (χ2n) is 5.31. The molecule has 24 heavy (non-hydrogen) atoms. The summed E-state index contributed by atoms with van der Waals surface area (Å²) in [5.74, 6) is -6.00. The molecule has 2 aromatic rings. The molecule has 0 bridgehead atoms. The van der Waals surface area contributed by atoms with Gasteiger partial charge in [0.25, 0.3) is 0 Å². The van der Waals surface area contributed by atoms with Gasteiger partial charge >= 0.3 is 11.9 Å². The molecule has 0 radical (unpaired) electrons. The largest absolute Gasteiger partial charge is 0.481 e. The number of carbonyl (C=O) groups excluding carboxylic acids is 1. The van der Waals surface area contributed by atoms with Gasteiger partial charge in [0.2, 0.25) is 0 Å². The monoisotopic (exact) mass is 346 g/mol. The summed E-state index contributed by atoms with van der Waals surface area (Å²) in [5, 5.41) is 19.0. The number of Topliss-reactive ketones (excluding diaryl/α,β-unsaturated/α-hetero) is 1. The molecule has 0 spiro atoms. The van der Waals surface area contributed by atoms with Crippen molar-refractivity contribution in [2.24, 2.45) is 5.92 Å². The van der Waals surface area contributed by atoms with Gasteiger partial charge in [-0.05, 0) is 17.7 Å². The van der Waals surface area contributed by atoms with Crippen molar-refractivity contribution in [3.63, 3.8) is 0 Å². The van der Waals surface area contributed by atoms with Crippen LogP contribution in [0.5, 0.6) is 0 Å². The van der Waals surface area contributed by atoms with Crippen LogP contribution in [0, 0.1) is 5.92 Å². The van der Waals surface area contributed by atoms with Crippen molar-refractivity contribution in [2.45, 2.75) is 12.3 Å². The first-order valence-corrected chi connectivity index (χ1v) is 7.57. The summed E-state index contributed by atoms with van der Waals surface area (Å²) in [6.07, 6.45) is -0.227. The van der Waals surface area contributed by atoms with E-state index in [1.807, 2.05) is 0 Å². The van der Waals surface area contributed by atoms with E-state index < -0.39 is 23.8 Å². The molecule has 2 N–H and O–H groups in total. The van der Waals surface area contributed by atoms with E-state index in [0.29, 0.717) is 16.1 Å². The Kier molecular flexibility index (Phi) is 5.71. The average Bonchev–Trinajstić information content (AvgIpc) is 2.55. The number of hydrogen-bond donors (Lipinski definition) is 2. The molecular weight excluding hydrogens is 332 g/mol. The zero-order valence-electron chi connectivity index (χ0n) is 12.6. The van der Waals surface area contributed by atoms with Crippen molar-refractivity contribution in [3.05, 3.63) is 70.7 Å². The topological polar surface area (TPSA) is 91.7 Å². The summed E-state index contributed by atoms with van der Waals surface area (Å²) < 4.78 is 0. The fraction of sp³-hybridized carbons (Fsp3) is 0.167. The van der Waals surface area contributed by atoms with Crippen LogP contribution in [0.3, 0.4) is 0 Å². The number of halogens is 1. The summed E-state index contributed by atoms with van der Waals surface area (Å²) in [6.45, 7) is 0. The van der Waals surface area contributed by atoms with Crippen LogP contribution >= 0.6 is 11.6 Å². The molecule has 0 aliphatic rings. The summed E-state index contributed by atoms with van der Waals surface area (Å²) in [7, 11) is 0. The highest BCUT2D eigenvalue weighted by Crippen LogP contribution is 2.31. The van der Waals surface area contributed by atoms with Crippen LogP contribution in [0.1, 0.15) is 28.3 Å². The lowest BCUT2D eigenvalue weighted by molar-refractivity contribution is -0.155. The number of aliphatic carboxylic acids is 2. The van der Waals surface area contributed by atoms with E-state index in [1.54, 1.807) is 42.5 Å². The first kappa shape index (κ1) is 17.7. The van der Waals surface area contributed by atoms with Crippen LogP contribution in [-0.2, 0) is 9.59 Å². The van der Waals surface area contributed by atoms with Gasteiger partial charge in [-0.2, -0.15) is 0 Å². The SMILES string of the molecule is O=C(CC(c1ccc(Cl)cc1)C(C(=O)O)C(=O)O)c1ccccc1. The standard InChI is InChI=1S/C18H15ClO5/c19-13-8-6-11(7-9-13)14(16(17(21)22)18(23)24)10-15(20)12-4-2-1-3-5-12/h1-9,14,16H,10H2,(H,21,22)(H,23,24). The van der Waals surface area contributed by atoms with Crippen LogP contribution in [0.2, 0.25) is 5.02 Å². The Balaban J connectivity index is 2.38. The molecule has 1 atom stereocenters. The normalized spacial score (nSPS) is 11.9. The summed E-state index contributed by atoms with van der Waals surface area (Å²) >= 11 is 5.82. The van der Waals surface area contributed by atoms with E-state index in [9.17, 15) is 24.6 Å². The highest BCUT2D eigenvalue weighted by atomic mass is 35.5. The molecule has 0 aliphatic heterocycles. The van der Waals surface area contributed by atoms with Crippen molar-refractivity contribution in [1.82, 2.24) is 0 Å². The third kappa shape index (κ3) is 4.20. The maximum Gasteiger partial charge on any atom is 0.318 e. The summed E-state index contributed by atoms with van der Waals surface area (Å²) in [5.41, 5.74) is 0.851. The molecule has 6 heteroatoms. The molecule has 0 saturated carbocycles. The van der Waals surface area contributed by atoms with Crippen LogP contribution < -0.4 is 0 Å². The van der Waals surface area contributed by atoms with Gasteiger partial charge in [0.15, 0.2) is 11.7 Å². The van der Waals surface area contributed by atoms with Gasteiger partial charge in [0.1, 0.15) is 0 Å². The molecule has 0 saturated heterocycles. The minimum Gasteiger partial charge on any atom is -0.481 e. The van der Waals surface area contributed by atoms with Gasteiger partial charge < -0.3 is 10.2 Å². The zero-order valence-corrected chi connectivity index (χ0v) is 13.3. The number of hydrogen-bond acceptors (Lipinski definition) is 3. The van der Waals surface area contributed by atoms with Gasteiger partial charge in [-0.25, -0.2) is 0 Å². The molecule has 0 amide bonds. The van der Waals surface area contributed by atoms with Crippen LogP contribution in [0.25, 0.3) is 0 Å². The predicted octanol–water partition coefficient (Wildman–Crippen LogP) is 3.48. The van der Waals surface area contributed by atoms with E-state index in [2.05, 4.69) is 0 Å². The van der Waals surface area contributed by atoms with E-state index in [1.165, 1.54) is 12.1 Å². The third-order valence-electron chi connectivity index (χ3n) is 3.73. The van der Waals surface area contributed by atoms with Crippen molar-refractivity contribution >= 4 is 29.3 Å². The van der Waals surface area contributed by atoms with Crippen LogP contribution in [0.4, 0.5) is 0 Å². The maximum absolute atomic E-state index is 12.4. The molecule has 124 valence electrons. The second-order valence-corrected chi connectivity index (χ2v) is 5.74. The van der Waals surface area contributed by atoms with E-state index in [-0.39, 0.29) is 12.2 Å². The first-order chi connectivity index (χ1) is 11.4. The zero-order chi connectivity index (χ0) is 17.7. The number of rotatable bonds is 7. The van der Waals surface area contributed by atoms with Crippen molar-refractivity contribution in [2.75, 3.05) is 0 Å². The molecule has 1 unspecified atom stereocenters. The van der Waals surface area contributed by atoms with Gasteiger partial charge in [-0.1, -0.05) is 54.1 Å². The van der Waals surface area contributed by atoms with Crippen molar-refractivity contribution in [1.29, 1.82) is 0 Å². The number of ketones is 1. The number of carboxylic acids is 2. The Bertz CT molecular complexity index is 726. The molecule has 0 heterocycles. The lowest BCUT2D eigenvalue weighted by Gasteiger charge is -2.21. The third-order valence-corrected chi connectivity index (χ3v) is 3.99. The van der Waals surface area contributed by atoms with E-state index >= 15 is 0 Å². The highest BCUT2D eigenvalue weighted by molar-refractivity contribution is 6.30. The molecule has 2 aromatic carbocycles. The van der Waals surface area contributed by atoms with Crippen molar-refractivity contribution < 1.29 is 24.6 Å². The van der Waals surface area contributed by atoms with E-state index in [0.717, 1.165) is 0 Å². The van der Waals surface area contributed by atoms with Gasteiger partial charge in [-0.3, -0.25) is 14.4 Å². The van der Waals surface area contributed by atoms with Gasteiger partial charge in [0.05, 0.1) is 0 Å². The second kappa shape index (κ2) is 7.75. The first-order valence-electron chi connectivity index (χ1n) is 7.19. The van der Waals surface area contributed by atoms with Crippen LogP contribution in [-0.4, -0.2) is 27.9 Å². The molecule has 5 nitrogen and oxygen atoms in total. The molecular formula is C18H15ClO5. The minimum atomic E-state index is -1.72. The summed E-state index contributed by atoms with van der Waals surface area (Å²) in [6, 6.07) is 14.5. The number of carbonyl (C=O) groups is 3. The lowest BCUT2D eigenvalue weighted by atomic mass is 9.81. The van der Waals surface area contributed by atoms with Gasteiger partial charge in [0, 0.05) is 22.9 Å².